The Bertz CT molecular complexity index is 742. The van der Waals surface area contributed by atoms with Gasteiger partial charge < -0.3 is 15.7 Å². The monoisotopic (exact) mass is 426 g/mol. The van der Waals surface area contributed by atoms with Crippen molar-refractivity contribution in [1.82, 2.24) is 10.6 Å². The van der Waals surface area contributed by atoms with Crippen molar-refractivity contribution in [2.24, 2.45) is 5.92 Å². The molecule has 166 valence electrons. The summed E-state index contributed by atoms with van der Waals surface area (Å²) < 4.78 is 31.7. The van der Waals surface area contributed by atoms with E-state index >= 15 is 0 Å². The number of carbonyl (C=O) groups excluding carboxylic acids is 1. The molecule has 3 N–H and O–H groups in total. The molecule has 1 aromatic rings. The first-order chi connectivity index (χ1) is 14.1. The first-order valence-corrected chi connectivity index (χ1v) is 10.1. The van der Waals surface area contributed by atoms with E-state index in [2.05, 4.69) is 54.0 Å². The second kappa shape index (κ2) is 10.6. The highest BCUT2D eigenvalue weighted by Crippen LogP contribution is 2.39. The van der Waals surface area contributed by atoms with Crippen molar-refractivity contribution < 1.29 is 27.9 Å². The van der Waals surface area contributed by atoms with Crippen LogP contribution in [0.15, 0.2) is 35.9 Å². The predicted molar refractivity (Wildman–Crippen MR) is 109 cm³/mol. The van der Waals surface area contributed by atoms with Gasteiger partial charge in [0.05, 0.1) is 0 Å². The van der Waals surface area contributed by atoms with Gasteiger partial charge in [0.2, 0.25) is 5.91 Å². The molecule has 0 saturated heterocycles. The van der Waals surface area contributed by atoms with E-state index in [1.54, 1.807) is 6.92 Å². The molecule has 0 heterocycles. The van der Waals surface area contributed by atoms with Crippen LogP contribution in [0.3, 0.4) is 0 Å². The van der Waals surface area contributed by atoms with Crippen LogP contribution in [0, 0.1) is 5.92 Å². The van der Waals surface area contributed by atoms with E-state index in [0.717, 1.165) is 12.8 Å². The zero-order valence-corrected chi connectivity index (χ0v) is 17.2. The number of rotatable bonds is 5. The molecule has 0 bridgehead atoms. The number of halogens is 3. The number of carbonyl (C=O) groups is 2. The van der Waals surface area contributed by atoms with Crippen molar-refractivity contribution in [1.29, 1.82) is 0 Å². The third-order valence-electron chi connectivity index (χ3n) is 5.40. The topological polar surface area (TPSA) is 78.4 Å². The third kappa shape index (κ3) is 8.18. The molecule has 3 rings (SSSR count). The average molecular weight is 426 g/mol. The average Bonchev–Trinajstić information content (AvgIpc) is 3.43. The molecule has 2 saturated carbocycles. The Morgan fingerprint density at radius 2 is 1.57 bits per heavy atom. The van der Waals surface area contributed by atoms with Gasteiger partial charge in [0.1, 0.15) is 0 Å². The number of hydrogen-bond donors (Lipinski definition) is 3. The number of aliphatic carboxylic acids is 1. The predicted octanol–water partition coefficient (Wildman–Crippen LogP) is 4.15. The summed E-state index contributed by atoms with van der Waals surface area (Å²) >= 11 is 0. The van der Waals surface area contributed by atoms with Gasteiger partial charge in [-0.2, -0.15) is 13.2 Å². The molecular weight excluding hydrogens is 397 g/mol. The molecule has 0 radical (unpaired) electrons. The molecule has 2 unspecified atom stereocenters. The lowest BCUT2D eigenvalue weighted by atomic mass is 9.91. The molecule has 0 aromatic heterocycles. The van der Waals surface area contributed by atoms with Crippen LogP contribution in [0.2, 0.25) is 0 Å². The number of nitrogens with one attached hydrogen (secondary N) is 2. The normalized spacial score (nSPS) is 26.2. The van der Waals surface area contributed by atoms with Crippen LogP contribution in [-0.4, -0.2) is 41.3 Å². The van der Waals surface area contributed by atoms with Gasteiger partial charge in [-0.1, -0.05) is 42.0 Å². The summed E-state index contributed by atoms with van der Waals surface area (Å²) in [4.78, 5) is 20.0. The Labute approximate surface area is 174 Å². The largest absolute Gasteiger partial charge is 0.490 e. The molecule has 2 atom stereocenters. The van der Waals surface area contributed by atoms with Crippen molar-refractivity contribution >= 4 is 18.0 Å². The van der Waals surface area contributed by atoms with Gasteiger partial charge in [-0.15, -0.1) is 0 Å². The minimum atomic E-state index is -5.08. The second-order valence-corrected chi connectivity index (χ2v) is 7.97. The number of benzene rings is 1. The van der Waals surface area contributed by atoms with Gasteiger partial charge in [0, 0.05) is 25.0 Å². The lowest BCUT2D eigenvalue weighted by molar-refractivity contribution is -0.192. The highest BCUT2D eigenvalue weighted by Gasteiger charge is 2.40. The van der Waals surface area contributed by atoms with Gasteiger partial charge in [-0.25, -0.2) is 4.79 Å². The maximum absolute atomic E-state index is 11.1. The number of hydrogen-bond acceptors (Lipinski definition) is 3. The molecule has 1 amide bonds. The molecule has 30 heavy (non-hydrogen) atoms. The van der Waals surface area contributed by atoms with Crippen LogP contribution in [0.1, 0.15) is 51.5 Å². The minimum Gasteiger partial charge on any atom is -0.475 e. The standard InChI is InChI=1S/C20H28N2O.C2HF3O2/c1-14(12-16-6-4-3-5-7-16)19-13-20(19)22-18-10-8-17(9-11-18)21-15(2)23;3-2(4,5)1(6)7/h3-7,12,17-20,22H,8-11,13H2,1-2H3,(H,21,23);(H,6,7)/b14-12+;. The van der Waals surface area contributed by atoms with Crippen LogP contribution in [0.4, 0.5) is 13.2 Å². The molecule has 2 aliphatic carbocycles. The summed E-state index contributed by atoms with van der Waals surface area (Å²) in [6.45, 7) is 3.87. The van der Waals surface area contributed by atoms with E-state index < -0.39 is 12.1 Å². The number of amides is 1. The van der Waals surface area contributed by atoms with Crippen LogP contribution >= 0.6 is 0 Å². The second-order valence-electron chi connectivity index (χ2n) is 7.97. The van der Waals surface area contributed by atoms with E-state index in [4.69, 9.17) is 9.90 Å². The zero-order valence-electron chi connectivity index (χ0n) is 17.2. The fourth-order valence-electron chi connectivity index (χ4n) is 3.80. The van der Waals surface area contributed by atoms with Gasteiger partial charge in [-0.05, 0) is 50.5 Å². The Kier molecular flexibility index (Phi) is 8.46. The van der Waals surface area contributed by atoms with Gasteiger partial charge in [0.15, 0.2) is 0 Å². The Hall–Kier alpha value is -2.35. The molecule has 8 heteroatoms. The fraction of sp³-hybridized carbons (Fsp3) is 0.545. The first kappa shape index (κ1) is 23.9. The van der Waals surface area contributed by atoms with Gasteiger partial charge in [0.25, 0.3) is 0 Å². The Morgan fingerprint density at radius 1 is 1.03 bits per heavy atom. The third-order valence-corrected chi connectivity index (χ3v) is 5.40. The minimum absolute atomic E-state index is 0.102. The fourth-order valence-corrected chi connectivity index (χ4v) is 3.80. The molecule has 2 aliphatic rings. The lowest BCUT2D eigenvalue weighted by Gasteiger charge is -2.29. The molecule has 5 nitrogen and oxygen atoms in total. The summed E-state index contributed by atoms with van der Waals surface area (Å²) in [5.41, 5.74) is 2.78. The summed E-state index contributed by atoms with van der Waals surface area (Å²) in [6.07, 6.45) is 3.06. The highest BCUT2D eigenvalue weighted by molar-refractivity contribution is 5.73. The smallest absolute Gasteiger partial charge is 0.475 e. The number of carboxylic acid groups (broad SMARTS) is 1. The van der Waals surface area contributed by atoms with Crippen molar-refractivity contribution in [3.05, 3.63) is 41.5 Å². The van der Waals surface area contributed by atoms with E-state index in [-0.39, 0.29) is 5.91 Å². The summed E-state index contributed by atoms with van der Waals surface area (Å²) in [7, 11) is 0. The maximum atomic E-state index is 11.1. The zero-order chi connectivity index (χ0) is 22.3. The molecule has 0 aliphatic heterocycles. The van der Waals surface area contributed by atoms with Crippen LogP contribution in [0.25, 0.3) is 6.08 Å². The quantitative estimate of drug-likeness (QED) is 0.661. The van der Waals surface area contributed by atoms with Gasteiger partial charge in [-0.3, -0.25) is 4.79 Å². The van der Waals surface area contributed by atoms with Gasteiger partial charge >= 0.3 is 12.1 Å². The van der Waals surface area contributed by atoms with E-state index in [1.165, 1.54) is 30.4 Å². The molecule has 1 aromatic carbocycles. The summed E-state index contributed by atoms with van der Waals surface area (Å²) in [6, 6.07) is 12.2. The molecule has 2 fully saturated rings. The highest BCUT2D eigenvalue weighted by atomic mass is 19.4. The summed E-state index contributed by atoms with van der Waals surface area (Å²) in [5, 5.41) is 14.0. The summed E-state index contributed by atoms with van der Waals surface area (Å²) in [5.74, 6) is -1.96. The Balaban J connectivity index is 0.000000396. The number of carboxylic acids is 1. The van der Waals surface area contributed by atoms with Crippen molar-refractivity contribution in [3.63, 3.8) is 0 Å². The van der Waals surface area contributed by atoms with Crippen LogP contribution in [-0.2, 0) is 9.59 Å². The van der Waals surface area contributed by atoms with Crippen molar-refractivity contribution in [3.8, 4) is 0 Å². The SMILES string of the molecule is CC(=O)NC1CCC(NC2CC2/C(C)=C/c2ccccc2)CC1.O=C(O)C(F)(F)F. The maximum Gasteiger partial charge on any atom is 0.490 e. The molecule has 0 spiro atoms. The first-order valence-electron chi connectivity index (χ1n) is 10.1. The number of alkyl halides is 3. The van der Waals surface area contributed by atoms with Crippen molar-refractivity contribution in [2.45, 2.75) is 70.3 Å². The Morgan fingerprint density at radius 3 is 2.07 bits per heavy atom. The van der Waals surface area contributed by atoms with Crippen LogP contribution in [0.5, 0.6) is 0 Å². The van der Waals surface area contributed by atoms with E-state index in [9.17, 15) is 18.0 Å². The molecular formula is C22H29F3N2O3. The van der Waals surface area contributed by atoms with Crippen molar-refractivity contribution in [2.75, 3.05) is 0 Å². The lowest BCUT2D eigenvalue weighted by Crippen LogP contribution is -2.42. The van der Waals surface area contributed by atoms with E-state index in [0.29, 0.717) is 24.0 Å². The van der Waals surface area contributed by atoms with E-state index in [1.807, 2.05) is 0 Å². The van der Waals surface area contributed by atoms with Crippen LogP contribution < -0.4 is 10.6 Å².